The normalized spacial score (nSPS) is 11.0. The van der Waals surface area contributed by atoms with E-state index in [2.05, 4.69) is 25.9 Å². The second-order valence-corrected chi connectivity index (χ2v) is 9.00. The zero-order valence-electron chi connectivity index (χ0n) is 16.9. The number of para-hydroxylation sites is 1. The van der Waals surface area contributed by atoms with E-state index >= 15 is 0 Å². The molecule has 0 aliphatic heterocycles. The van der Waals surface area contributed by atoms with Gasteiger partial charge in [0.2, 0.25) is 10.0 Å². The maximum Gasteiger partial charge on any atom is 1.00 e. The van der Waals surface area contributed by atoms with Crippen LogP contribution in [-0.2, 0) is 16.6 Å². The fraction of sp³-hybridized carbons (Fsp3) is 0.105. The second-order valence-electron chi connectivity index (χ2n) is 6.44. The smallest absolute Gasteiger partial charge is 0.380 e. The van der Waals surface area contributed by atoms with Crippen LogP contribution in [0.1, 0.15) is 4.88 Å². The van der Waals surface area contributed by atoms with Gasteiger partial charge < -0.3 is 15.3 Å². The third-order valence-electron chi connectivity index (χ3n) is 4.50. The van der Waals surface area contributed by atoms with Crippen LogP contribution < -0.4 is 50.0 Å². The number of aromatic nitrogens is 4. The number of nitrogens with two attached hydrogens (primary N) is 1. The van der Waals surface area contributed by atoms with Crippen molar-refractivity contribution in [2.45, 2.75) is 11.4 Å². The number of benzene rings is 2. The van der Waals surface area contributed by atoms with Crippen LogP contribution in [-0.4, -0.2) is 31.0 Å². The van der Waals surface area contributed by atoms with Gasteiger partial charge in [-0.3, -0.25) is 10.3 Å². The molecule has 0 saturated heterocycles. The predicted molar refractivity (Wildman–Crippen MR) is 116 cm³/mol. The number of sulfonamides is 1. The van der Waals surface area contributed by atoms with E-state index in [1.54, 1.807) is 29.4 Å². The number of hydrogen-bond acceptors (Lipinski definition) is 8. The molecule has 12 heteroatoms. The van der Waals surface area contributed by atoms with Crippen molar-refractivity contribution in [2.75, 3.05) is 17.3 Å². The van der Waals surface area contributed by atoms with Crippen molar-refractivity contribution in [1.82, 2.24) is 20.6 Å². The van der Waals surface area contributed by atoms with Crippen molar-refractivity contribution in [3.8, 4) is 11.4 Å². The first kappa shape index (κ1) is 23.4. The molecule has 154 valence electrons. The minimum absolute atomic E-state index is 0. The molecule has 4 aromatic rings. The zero-order valence-corrected chi connectivity index (χ0v) is 20.6. The first-order chi connectivity index (χ1) is 14.4. The third kappa shape index (κ3) is 5.32. The van der Waals surface area contributed by atoms with Crippen LogP contribution in [0.25, 0.3) is 11.4 Å². The summed E-state index contributed by atoms with van der Waals surface area (Å²) in [6, 6.07) is 16.6. The largest absolute Gasteiger partial charge is 1.00 e. The molecule has 0 amide bonds. The van der Waals surface area contributed by atoms with Crippen LogP contribution >= 0.6 is 11.3 Å². The number of primary sulfonamides is 1. The van der Waals surface area contributed by atoms with Gasteiger partial charge in [-0.2, -0.15) is 5.21 Å². The zero-order chi connectivity index (χ0) is 21.1. The van der Waals surface area contributed by atoms with Crippen LogP contribution in [0.5, 0.6) is 0 Å². The summed E-state index contributed by atoms with van der Waals surface area (Å²) >= 11 is 1.62. The Morgan fingerprint density at radius 3 is 2.55 bits per heavy atom. The Morgan fingerprint density at radius 1 is 1.16 bits per heavy atom. The van der Waals surface area contributed by atoms with Gasteiger partial charge in [-0.1, -0.05) is 24.3 Å². The average molecular weight is 464 g/mol. The quantitative estimate of drug-likeness (QED) is 0.354. The minimum Gasteiger partial charge on any atom is -0.380 e. The number of rotatable bonds is 7. The fourth-order valence-electron chi connectivity index (χ4n) is 3.03. The van der Waals surface area contributed by atoms with Crippen LogP contribution in [0, 0.1) is 0 Å². The van der Waals surface area contributed by atoms with E-state index < -0.39 is 10.0 Å². The molecule has 0 aliphatic rings. The summed E-state index contributed by atoms with van der Waals surface area (Å²) in [5, 5.41) is 25.7. The van der Waals surface area contributed by atoms with Gasteiger partial charge in [0.15, 0.2) is 0 Å². The van der Waals surface area contributed by atoms with E-state index in [4.69, 9.17) is 5.14 Å². The van der Waals surface area contributed by atoms with Gasteiger partial charge in [0.25, 0.3) is 0 Å². The maximum absolute atomic E-state index is 12.4. The minimum atomic E-state index is -4.04. The molecule has 4 rings (SSSR count). The molecule has 0 atom stereocenters. The number of tetrazole rings is 1. The molecule has 0 bridgehead atoms. The van der Waals surface area contributed by atoms with Gasteiger partial charge in [-0.05, 0) is 35.7 Å². The van der Waals surface area contributed by atoms with Crippen LogP contribution in [0.3, 0.4) is 0 Å². The Kier molecular flexibility index (Phi) is 7.46. The Labute approximate surface area is 206 Å². The van der Waals surface area contributed by atoms with Crippen molar-refractivity contribution < 1.29 is 38.0 Å². The molecule has 31 heavy (non-hydrogen) atoms. The molecule has 2 aromatic heterocycles. The monoisotopic (exact) mass is 463 g/mol. The summed E-state index contributed by atoms with van der Waals surface area (Å²) in [6.07, 6.45) is 0. The third-order valence-corrected chi connectivity index (χ3v) is 6.32. The van der Waals surface area contributed by atoms with Gasteiger partial charge >= 0.3 is 29.6 Å². The summed E-state index contributed by atoms with van der Waals surface area (Å²) in [5.74, 6) is 0.211. The maximum atomic E-state index is 12.4. The van der Waals surface area contributed by atoms with E-state index in [0.29, 0.717) is 23.5 Å². The Hall–Kier alpha value is -2.28. The molecule has 3 N–H and O–H groups in total. The second kappa shape index (κ2) is 9.90. The molecule has 2 aromatic carbocycles. The van der Waals surface area contributed by atoms with E-state index in [-0.39, 0.29) is 40.3 Å². The Morgan fingerprint density at radius 2 is 1.94 bits per heavy atom. The first-order valence-corrected chi connectivity index (χ1v) is 11.3. The van der Waals surface area contributed by atoms with Gasteiger partial charge in [0.05, 0.1) is 5.69 Å². The summed E-state index contributed by atoms with van der Waals surface area (Å²) in [7, 11) is -2.26. The van der Waals surface area contributed by atoms with Crippen LogP contribution in [0.2, 0.25) is 0 Å². The average Bonchev–Trinajstić information content (AvgIpc) is 3.45. The Balaban J connectivity index is 0.00000272. The molecule has 0 saturated carbocycles. The Bertz CT molecular complexity index is 1230. The van der Waals surface area contributed by atoms with E-state index in [1.807, 2.05) is 47.8 Å². The predicted octanol–water partition coefficient (Wildman–Crippen LogP) is -0.411. The summed E-state index contributed by atoms with van der Waals surface area (Å²) in [6.45, 7) is 0.551. The molecule has 0 unspecified atom stereocenters. The van der Waals surface area contributed by atoms with Crippen molar-refractivity contribution in [3.63, 3.8) is 0 Å². The van der Waals surface area contributed by atoms with Gasteiger partial charge in [-0.25, -0.2) is 13.6 Å². The van der Waals surface area contributed by atoms with Gasteiger partial charge in [0.1, 0.15) is 4.90 Å². The van der Waals surface area contributed by atoms with E-state index in [9.17, 15) is 8.42 Å². The van der Waals surface area contributed by atoms with Gasteiger partial charge in [-0.15, -0.1) is 11.3 Å². The SMILES string of the molecule is CN(c1ccccc1)c1cc(NCc2cccs2)c(-c2nnn[n-]2)cc1S(N)(=O)=O.[Na+]. The number of nitrogens with one attached hydrogen (secondary N) is 1. The van der Waals surface area contributed by atoms with Gasteiger partial charge in [0, 0.05) is 41.2 Å². The molecule has 0 aliphatic carbocycles. The topological polar surface area (TPSA) is 128 Å². The molecular formula is C19H18N7NaO2S2. The molecule has 0 spiro atoms. The number of nitrogens with zero attached hydrogens (tertiary/aromatic N) is 5. The summed E-state index contributed by atoms with van der Waals surface area (Å²) in [5.41, 5.74) is 2.33. The molecule has 9 nitrogen and oxygen atoms in total. The van der Waals surface area contributed by atoms with Crippen LogP contribution in [0.15, 0.2) is 64.9 Å². The van der Waals surface area contributed by atoms with E-state index in [0.717, 1.165) is 10.6 Å². The van der Waals surface area contributed by atoms with E-state index in [1.165, 1.54) is 6.07 Å². The van der Waals surface area contributed by atoms with Crippen molar-refractivity contribution in [2.24, 2.45) is 5.14 Å². The number of anilines is 3. The number of hydrogen-bond donors (Lipinski definition) is 2. The summed E-state index contributed by atoms with van der Waals surface area (Å²) < 4.78 is 24.9. The number of thiophene rings is 1. The fourth-order valence-corrected chi connectivity index (χ4v) is 4.44. The van der Waals surface area contributed by atoms with Crippen LogP contribution in [0.4, 0.5) is 17.1 Å². The first-order valence-electron chi connectivity index (χ1n) is 8.88. The summed E-state index contributed by atoms with van der Waals surface area (Å²) in [4.78, 5) is 2.84. The molecular weight excluding hydrogens is 445 g/mol. The molecule has 0 fully saturated rings. The van der Waals surface area contributed by atoms with Crippen molar-refractivity contribution in [3.05, 3.63) is 64.9 Å². The molecule has 0 radical (unpaired) electrons. The standard InChI is InChI=1S/C19H18N7O2S2.Na/c1-26(13-6-3-2-4-7-13)17-11-16(21-12-14-8-5-9-29-14)15(19-22-24-25-23-19)10-18(17)30(20,27)28;/h2-11,21H,12H2,1H3,(H2-,20,22,23,24,25,27,28);/q-1;+1. The van der Waals surface area contributed by atoms with Crippen molar-refractivity contribution >= 4 is 38.4 Å². The molecule has 2 heterocycles. The van der Waals surface area contributed by atoms with Crippen molar-refractivity contribution in [1.29, 1.82) is 0 Å².